The number of hydrogen-bond donors (Lipinski definition) is 2. The van der Waals surface area contributed by atoms with Gasteiger partial charge in [0.15, 0.2) is 11.6 Å². The largest absolute Gasteiger partial charge is 0.374 e. The molecular weight excluding hydrogens is 242 g/mol. The summed E-state index contributed by atoms with van der Waals surface area (Å²) in [4.78, 5) is 11.7. The molecule has 1 aliphatic heterocycles. The number of carbonyl (C=O) groups is 1. The second kappa shape index (κ2) is 5.88. The molecule has 1 fully saturated rings. The molecule has 1 aliphatic rings. The van der Waals surface area contributed by atoms with Gasteiger partial charge >= 0.3 is 0 Å². The van der Waals surface area contributed by atoms with E-state index in [1.807, 2.05) is 0 Å². The maximum atomic E-state index is 12.9. The first-order valence-corrected chi connectivity index (χ1v) is 5.72. The van der Waals surface area contributed by atoms with E-state index in [1.54, 1.807) is 0 Å². The zero-order chi connectivity index (χ0) is 13.0. The van der Waals surface area contributed by atoms with Crippen LogP contribution in [0.1, 0.15) is 10.4 Å². The summed E-state index contributed by atoms with van der Waals surface area (Å²) in [5, 5.41) is 5.75. The molecular formula is C12H14F2N2O2. The molecule has 0 bridgehead atoms. The van der Waals surface area contributed by atoms with Crippen LogP contribution in [0.4, 0.5) is 8.78 Å². The lowest BCUT2D eigenvalue weighted by Gasteiger charge is -2.23. The summed E-state index contributed by atoms with van der Waals surface area (Å²) in [5.74, 6) is -2.44. The normalized spacial score (nSPS) is 19.6. The van der Waals surface area contributed by atoms with Gasteiger partial charge in [0.05, 0.1) is 12.7 Å². The number of benzene rings is 1. The molecule has 0 aliphatic carbocycles. The predicted octanol–water partition coefficient (Wildman–Crippen LogP) is 0.683. The zero-order valence-corrected chi connectivity index (χ0v) is 9.71. The molecule has 0 radical (unpaired) electrons. The van der Waals surface area contributed by atoms with Crippen LogP contribution in [-0.2, 0) is 4.74 Å². The van der Waals surface area contributed by atoms with Gasteiger partial charge in [-0.25, -0.2) is 8.78 Å². The standard InChI is InChI=1S/C12H14F2N2O2/c13-10-2-1-8(5-11(10)14)12(17)16-7-9-6-15-3-4-18-9/h1-2,5,9,15H,3-4,6-7H2,(H,16,17). The van der Waals surface area contributed by atoms with E-state index < -0.39 is 17.5 Å². The predicted molar refractivity (Wildman–Crippen MR) is 61.3 cm³/mol. The lowest BCUT2D eigenvalue weighted by Crippen LogP contribution is -2.45. The van der Waals surface area contributed by atoms with E-state index in [0.29, 0.717) is 19.7 Å². The fourth-order valence-corrected chi connectivity index (χ4v) is 1.70. The maximum Gasteiger partial charge on any atom is 0.251 e. The Kier molecular flexibility index (Phi) is 4.22. The molecule has 6 heteroatoms. The minimum atomic E-state index is -1.03. The highest BCUT2D eigenvalue weighted by molar-refractivity contribution is 5.94. The van der Waals surface area contributed by atoms with Crippen molar-refractivity contribution < 1.29 is 18.3 Å². The van der Waals surface area contributed by atoms with E-state index in [9.17, 15) is 13.6 Å². The molecule has 0 aromatic heterocycles. The Morgan fingerprint density at radius 3 is 2.94 bits per heavy atom. The van der Waals surface area contributed by atoms with Gasteiger partial charge in [0, 0.05) is 25.2 Å². The zero-order valence-electron chi connectivity index (χ0n) is 9.71. The number of nitrogens with one attached hydrogen (secondary N) is 2. The number of ether oxygens (including phenoxy) is 1. The third-order valence-electron chi connectivity index (χ3n) is 2.68. The van der Waals surface area contributed by atoms with Crippen molar-refractivity contribution in [2.24, 2.45) is 0 Å². The Bertz CT molecular complexity index is 434. The van der Waals surface area contributed by atoms with Crippen molar-refractivity contribution in [1.29, 1.82) is 0 Å². The molecule has 1 amide bonds. The molecule has 0 spiro atoms. The highest BCUT2D eigenvalue weighted by Gasteiger charge is 2.15. The van der Waals surface area contributed by atoms with Gasteiger partial charge in [-0.05, 0) is 18.2 Å². The van der Waals surface area contributed by atoms with Crippen molar-refractivity contribution in [3.8, 4) is 0 Å². The molecule has 1 unspecified atom stereocenters. The van der Waals surface area contributed by atoms with Crippen LogP contribution in [0.15, 0.2) is 18.2 Å². The minimum absolute atomic E-state index is 0.0898. The number of amides is 1. The van der Waals surface area contributed by atoms with Crippen molar-refractivity contribution in [1.82, 2.24) is 10.6 Å². The second-order valence-electron chi connectivity index (χ2n) is 4.04. The van der Waals surface area contributed by atoms with E-state index >= 15 is 0 Å². The topological polar surface area (TPSA) is 50.4 Å². The van der Waals surface area contributed by atoms with Crippen LogP contribution >= 0.6 is 0 Å². The Labute approximate surface area is 103 Å². The third kappa shape index (κ3) is 3.24. The Morgan fingerprint density at radius 2 is 2.28 bits per heavy atom. The average Bonchev–Trinajstić information content (AvgIpc) is 2.40. The van der Waals surface area contributed by atoms with Gasteiger partial charge in [-0.3, -0.25) is 4.79 Å². The van der Waals surface area contributed by atoms with Gasteiger partial charge in [0.25, 0.3) is 5.91 Å². The first kappa shape index (κ1) is 12.9. The molecule has 18 heavy (non-hydrogen) atoms. The molecule has 2 N–H and O–H groups in total. The Balaban J connectivity index is 1.88. The number of rotatable bonds is 3. The van der Waals surface area contributed by atoms with Crippen LogP contribution in [0, 0.1) is 11.6 Å². The van der Waals surface area contributed by atoms with Crippen LogP contribution < -0.4 is 10.6 Å². The Hall–Kier alpha value is -1.53. The summed E-state index contributed by atoms with van der Waals surface area (Å²) in [7, 11) is 0. The summed E-state index contributed by atoms with van der Waals surface area (Å²) in [6.07, 6.45) is -0.0898. The summed E-state index contributed by atoms with van der Waals surface area (Å²) in [6.45, 7) is 2.40. The number of hydrogen-bond acceptors (Lipinski definition) is 3. The highest BCUT2D eigenvalue weighted by atomic mass is 19.2. The SMILES string of the molecule is O=C(NCC1CNCCO1)c1ccc(F)c(F)c1. The fraction of sp³-hybridized carbons (Fsp3) is 0.417. The highest BCUT2D eigenvalue weighted by Crippen LogP contribution is 2.08. The monoisotopic (exact) mass is 256 g/mol. The van der Waals surface area contributed by atoms with Gasteiger partial charge in [-0.1, -0.05) is 0 Å². The van der Waals surface area contributed by atoms with Crippen LogP contribution in [0.2, 0.25) is 0 Å². The van der Waals surface area contributed by atoms with Gasteiger partial charge in [0.2, 0.25) is 0 Å². The summed E-state index contributed by atoms with van der Waals surface area (Å²) in [6, 6.07) is 3.06. The molecule has 4 nitrogen and oxygen atoms in total. The van der Waals surface area contributed by atoms with Crippen molar-refractivity contribution in [2.75, 3.05) is 26.2 Å². The van der Waals surface area contributed by atoms with Gasteiger partial charge in [-0.15, -0.1) is 0 Å². The molecule has 1 heterocycles. The lowest BCUT2D eigenvalue weighted by atomic mass is 10.2. The molecule has 1 atom stereocenters. The quantitative estimate of drug-likeness (QED) is 0.836. The average molecular weight is 256 g/mol. The molecule has 98 valence electrons. The molecule has 0 saturated carbocycles. The van der Waals surface area contributed by atoms with E-state index in [2.05, 4.69) is 10.6 Å². The van der Waals surface area contributed by atoms with Crippen LogP contribution in [0.25, 0.3) is 0 Å². The van der Waals surface area contributed by atoms with Crippen molar-refractivity contribution in [3.05, 3.63) is 35.4 Å². The van der Waals surface area contributed by atoms with E-state index in [4.69, 9.17) is 4.74 Å². The summed E-state index contributed by atoms with van der Waals surface area (Å²) < 4.78 is 31.0. The number of carbonyl (C=O) groups excluding carboxylic acids is 1. The lowest BCUT2D eigenvalue weighted by molar-refractivity contribution is 0.0287. The molecule has 1 aromatic rings. The van der Waals surface area contributed by atoms with Crippen LogP contribution in [-0.4, -0.2) is 38.3 Å². The van der Waals surface area contributed by atoms with Crippen LogP contribution in [0.3, 0.4) is 0 Å². The Morgan fingerprint density at radius 1 is 1.44 bits per heavy atom. The fourth-order valence-electron chi connectivity index (χ4n) is 1.70. The van der Waals surface area contributed by atoms with E-state index in [-0.39, 0.29) is 11.7 Å². The smallest absolute Gasteiger partial charge is 0.251 e. The first-order chi connectivity index (χ1) is 8.66. The van der Waals surface area contributed by atoms with Crippen molar-refractivity contribution >= 4 is 5.91 Å². The molecule has 1 aromatic carbocycles. The van der Waals surface area contributed by atoms with E-state index in [1.165, 1.54) is 6.07 Å². The van der Waals surface area contributed by atoms with Gasteiger partial charge in [-0.2, -0.15) is 0 Å². The van der Waals surface area contributed by atoms with Crippen molar-refractivity contribution in [2.45, 2.75) is 6.10 Å². The first-order valence-electron chi connectivity index (χ1n) is 5.72. The second-order valence-corrected chi connectivity index (χ2v) is 4.04. The van der Waals surface area contributed by atoms with Gasteiger partial charge < -0.3 is 15.4 Å². The number of halogens is 2. The van der Waals surface area contributed by atoms with Gasteiger partial charge in [0.1, 0.15) is 0 Å². The number of morpholine rings is 1. The maximum absolute atomic E-state index is 12.9. The molecule has 1 saturated heterocycles. The third-order valence-corrected chi connectivity index (χ3v) is 2.68. The molecule has 2 rings (SSSR count). The summed E-state index contributed by atoms with van der Waals surface area (Å²) >= 11 is 0. The minimum Gasteiger partial charge on any atom is -0.374 e. The van der Waals surface area contributed by atoms with Crippen LogP contribution in [0.5, 0.6) is 0 Å². The summed E-state index contributed by atoms with van der Waals surface area (Å²) in [5.41, 5.74) is 0.0951. The van der Waals surface area contributed by atoms with Crippen molar-refractivity contribution in [3.63, 3.8) is 0 Å². The van der Waals surface area contributed by atoms with E-state index in [0.717, 1.165) is 18.7 Å².